The van der Waals surface area contributed by atoms with Crippen LogP contribution in [0, 0.1) is 0 Å². The van der Waals surface area contributed by atoms with Crippen LogP contribution in [0.25, 0.3) is 22.4 Å². The van der Waals surface area contributed by atoms with Gasteiger partial charge in [0.15, 0.2) is 5.65 Å². The quantitative estimate of drug-likeness (QED) is 0.408. The second-order valence-electron chi connectivity index (χ2n) is 4.96. The molecule has 4 rings (SSSR count). The van der Waals surface area contributed by atoms with Crippen molar-refractivity contribution in [3.05, 3.63) is 47.7 Å². The molecule has 1 aromatic carbocycles. The molecule has 120 valence electrons. The summed E-state index contributed by atoms with van der Waals surface area (Å²) in [5.74, 6) is 1.48. The Morgan fingerprint density at radius 1 is 1.25 bits per heavy atom. The zero-order chi connectivity index (χ0) is 16.5. The third-order valence-corrected chi connectivity index (χ3v) is 4.73. The van der Waals surface area contributed by atoms with E-state index in [0.29, 0.717) is 22.5 Å². The van der Waals surface area contributed by atoms with Crippen molar-refractivity contribution in [1.82, 2.24) is 29.9 Å². The maximum Gasteiger partial charge on any atom is 0.237 e. The second-order valence-corrected chi connectivity index (χ2v) is 6.34. The molecule has 4 aromatic rings. The van der Waals surface area contributed by atoms with Crippen LogP contribution in [0.1, 0.15) is 5.89 Å². The molecule has 0 atom stereocenters. The van der Waals surface area contributed by atoms with E-state index >= 15 is 0 Å². The molecule has 0 saturated carbocycles. The van der Waals surface area contributed by atoms with Gasteiger partial charge in [0, 0.05) is 12.6 Å². The molecule has 0 bridgehead atoms. The number of aromatic nitrogens is 6. The minimum Gasteiger partial charge on any atom is -0.338 e. The number of thioether (sulfide) groups is 1. The predicted molar refractivity (Wildman–Crippen MR) is 90.6 cm³/mol. The minimum absolute atomic E-state index is 0.477. The van der Waals surface area contributed by atoms with E-state index in [1.807, 2.05) is 25.2 Å². The number of nitrogens with zero attached hydrogens (tertiary/aromatic N) is 6. The lowest BCUT2D eigenvalue weighted by atomic mass is 10.2. The topological polar surface area (TPSA) is 82.5 Å². The molecule has 0 radical (unpaired) electrons. The molecule has 0 aliphatic rings. The summed E-state index contributed by atoms with van der Waals surface area (Å²) in [7, 11) is 1.84. The summed E-state index contributed by atoms with van der Waals surface area (Å²) in [6.45, 7) is 0. The average molecular weight is 359 g/mol. The standard InChI is InChI=1S/C15H11ClN6OS/c1-22-14-10(6-19-22)15(18-8-17-14)24-7-12-20-13(21-23-12)9-4-2-3-5-11(9)16/h2-6,8H,7H2,1H3. The maximum atomic E-state index is 6.16. The van der Waals surface area contributed by atoms with Crippen LogP contribution >= 0.6 is 23.4 Å². The first-order chi connectivity index (χ1) is 11.7. The Bertz CT molecular complexity index is 1010. The van der Waals surface area contributed by atoms with Crippen LogP contribution in [-0.4, -0.2) is 29.9 Å². The average Bonchev–Trinajstić information content (AvgIpc) is 3.21. The Hall–Kier alpha value is -2.45. The van der Waals surface area contributed by atoms with Crippen molar-refractivity contribution in [2.24, 2.45) is 7.05 Å². The van der Waals surface area contributed by atoms with Gasteiger partial charge in [-0.1, -0.05) is 40.7 Å². The van der Waals surface area contributed by atoms with Crippen molar-refractivity contribution in [1.29, 1.82) is 0 Å². The molecule has 0 fully saturated rings. The van der Waals surface area contributed by atoms with Gasteiger partial charge in [-0.25, -0.2) is 9.97 Å². The first-order valence-corrected chi connectivity index (χ1v) is 8.42. The number of rotatable bonds is 4. The molecule has 0 aliphatic carbocycles. The lowest BCUT2D eigenvalue weighted by Gasteiger charge is -1.99. The van der Waals surface area contributed by atoms with E-state index in [9.17, 15) is 0 Å². The van der Waals surface area contributed by atoms with E-state index in [4.69, 9.17) is 16.1 Å². The van der Waals surface area contributed by atoms with E-state index < -0.39 is 0 Å². The maximum absolute atomic E-state index is 6.16. The summed E-state index contributed by atoms with van der Waals surface area (Å²) in [6.07, 6.45) is 3.27. The highest BCUT2D eigenvalue weighted by Crippen LogP contribution is 2.28. The molecule has 0 saturated heterocycles. The van der Waals surface area contributed by atoms with Crippen LogP contribution < -0.4 is 0 Å². The molecule has 0 amide bonds. The Morgan fingerprint density at radius 2 is 2.12 bits per heavy atom. The molecule has 3 aromatic heterocycles. The van der Waals surface area contributed by atoms with Gasteiger partial charge in [0.2, 0.25) is 11.7 Å². The number of hydrogen-bond donors (Lipinski definition) is 0. The number of benzene rings is 1. The van der Waals surface area contributed by atoms with Crippen LogP contribution in [-0.2, 0) is 12.8 Å². The Kier molecular flexibility index (Phi) is 3.91. The molecule has 0 aliphatic heterocycles. The largest absolute Gasteiger partial charge is 0.338 e. The third-order valence-electron chi connectivity index (χ3n) is 3.41. The highest BCUT2D eigenvalue weighted by Gasteiger charge is 2.13. The first-order valence-electron chi connectivity index (χ1n) is 7.05. The van der Waals surface area contributed by atoms with Gasteiger partial charge in [0.1, 0.15) is 11.4 Å². The molecule has 0 spiro atoms. The van der Waals surface area contributed by atoms with Gasteiger partial charge in [0.25, 0.3) is 0 Å². The van der Waals surface area contributed by atoms with Gasteiger partial charge in [-0.05, 0) is 12.1 Å². The Labute approximate surface area is 146 Å². The number of hydrogen-bond acceptors (Lipinski definition) is 7. The van der Waals surface area contributed by atoms with Crippen LogP contribution in [0.15, 0.2) is 46.3 Å². The normalized spacial score (nSPS) is 11.2. The molecule has 0 unspecified atom stereocenters. The fraction of sp³-hybridized carbons (Fsp3) is 0.133. The van der Waals surface area contributed by atoms with Crippen LogP contribution in [0.2, 0.25) is 5.02 Å². The van der Waals surface area contributed by atoms with Crippen molar-refractivity contribution >= 4 is 34.4 Å². The van der Waals surface area contributed by atoms with Crippen LogP contribution in [0.5, 0.6) is 0 Å². The van der Waals surface area contributed by atoms with Gasteiger partial charge < -0.3 is 4.52 Å². The summed E-state index contributed by atoms with van der Waals surface area (Å²) in [6, 6.07) is 7.39. The number of halogens is 1. The number of fused-ring (bicyclic) bond motifs is 1. The predicted octanol–water partition coefficient (Wildman–Crippen LogP) is 3.36. The molecule has 9 heteroatoms. The van der Waals surface area contributed by atoms with E-state index in [0.717, 1.165) is 21.6 Å². The van der Waals surface area contributed by atoms with Crippen LogP contribution in [0.4, 0.5) is 0 Å². The summed E-state index contributed by atoms with van der Waals surface area (Å²) in [4.78, 5) is 12.9. The molecular weight excluding hydrogens is 348 g/mol. The second kappa shape index (κ2) is 6.21. The van der Waals surface area contributed by atoms with E-state index in [-0.39, 0.29) is 0 Å². The van der Waals surface area contributed by atoms with Gasteiger partial charge in [-0.15, -0.1) is 0 Å². The number of aryl methyl sites for hydroxylation is 1. The van der Waals surface area contributed by atoms with Gasteiger partial charge in [-0.2, -0.15) is 10.1 Å². The van der Waals surface area contributed by atoms with Crippen molar-refractivity contribution in [3.63, 3.8) is 0 Å². The zero-order valence-electron chi connectivity index (χ0n) is 12.5. The van der Waals surface area contributed by atoms with E-state index in [1.165, 1.54) is 18.1 Å². The van der Waals surface area contributed by atoms with Gasteiger partial charge in [-0.3, -0.25) is 4.68 Å². The fourth-order valence-corrected chi connectivity index (χ4v) is 3.27. The fourth-order valence-electron chi connectivity index (χ4n) is 2.25. The first kappa shape index (κ1) is 15.1. The zero-order valence-corrected chi connectivity index (χ0v) is 14.1. The highest BCUT2D eigenvalue weighted by atomic mass is 35.5. The smallest absolute Gasteiger partial charge is 0.237 e. The van der Waals surface area contributed by atoms with Crippen molar-refractivity contribution in [3.8, 4) is 11.4 Å². The molecular formula is C15H11ClN6OS. The van der Waals surface area contributed by atoms with Crippen molar-refractivity contribution in [2.75, 3.05) is 0 Å². The van der Waals surface area contributed by atoms with Gasteiger partial charge in [0.05, 0.1) is 22.4 Å². The van der Waals surface area contributed by atoms with Crippen LogP contribution in [0.3, 0.4) is 0 Å². The minimum atomic E-state index is 0.477. The highest BCUT2D eigenvalue weighted by molar-refractivity contribution is 7.98. The Balaban J connectivity index is 1.55. The monoisotopic (exact) mass is 358 g/mol. The van der Waals surface area contributed by atoms with E-state index in [1.54, 1.807) is 16.9 Å². The summed E-state index contributed by atoms with van der Waals surface area (Å²) in [5, 5.41) is 10.5. The van der Waals surface area contributed by atoms with Crippen molar-refractivity contribution in [2.45, 2.75) is 10.8 Å². The summed E-state index contributed by atoms with van der Waals surface area (Å²) in [5.41, 5.74) is 1.53. The third kappa shape index (κ3) is 2.74. The molecule has 7 nitrogen and oxygen atoms in total. The summed E-state index contributed by atoms with van der Waals surface area (Å²) >= 11 is 7.65. The van der Waals surface area contributed by atoms with Gasteiger partial charge >= 0.3 is 0 Å². The van der Waals surface area contributed by atoms with Crippen molar-refractivity contribution < 1.29 is 4.52 Å². The lowest BCUT2D eigenvalue weighted by Crippen LogP contribution is -1.93. The molecule has 0 N–H and O–H groups in total. The summed E-state index contributed by atoms with van der Waals surface area (Å²) < 4.78 is 7.02. The SMILES string of the molecule is Cn1ncc2c(SCc3nc(-c4ccccc4Cl)no3)ncnc21. The molecule has 3 heterocycles. The lowest BCUT2D eigenvalue weighted by molar-refractivity contribution is 0.391. The molecule has 24 heavy (non-hydrogen) atoms. The van der Waals surface area contributed by atoms with E-state index in [2.05, 4.69) is 25.2 Å². The Morgan fingerprint density at radius 3 is 3.00 bits per heavy atom.